The highest BCUT2D eigenvalue weighted by Gasteiger charge is 2.26. The predicted molar refractivity (Wildman–Crippen MR) is 92.6 cm³/mol. The van der Waals surface area contributed by atoms with Gasteiger partial charge in [0.2, 0.25) is 0 Å². The van der Waals surface area contributed by atoms with Gasteiger partial charge in [0.1, 0.15) is 0 Å². The second-order valence-electron chi connectivity index (χ2n) is 5.26. The fourth-order valence-corrected chi connectivity index (χ4v) is 3.84. The van der Waals surface area contributed by atoms with Gasteiger partial charge in [0.15, 0.2) is 11.3 Å². The maximum atomic E-state index is 12.7. The van der Waals surface area contributed by atoms with Gasteiger partial charge in [-0.25, -0.2) is 9.50 Å². The summed E-state index contributed by atoms with van der Waals surface area (Å²) in [6.45, 7) is 1.92. The summed E-state index contributed by atoms with van der Waals surface area (Å²) in [4.78, 5) is 18.7. The highest BCUT2D eigenvalue weighted by Crippen LogP contribution is 2.30. The Morgan fingerprint density at radius 2 is 2.09 bits per heavy atom. The average molecular weight is 460 g/mol. The van der Waals surface area contributed by atoms with Gasteiger partial charge < -0.3 is 9.47 Å². The first-order valence-corrected chi connectivity index (χ1v) is 8.83. The number of fused-ring (bicyclic) bond motifs is 2. The lowest BCUT2D eigenvalue weighted by Crippen LogP contribution is -2.38. The molecule has 1 amide bonds. The number of hydrogen-bond donors (Lipinski definition) is 0. The standard InChI is InChI=1S/C14H10Br2ClN5O/c15-10-3-9-7-20(1-2-21(9)13(10)16)14(23)11-4-12-18-5-8(17)6-22(12)19-11/h3-6H,1-2,7H2. The molecule has 23 heavy (non-hydrogen) atoms. The van der Waals surface area contributed by atoms with E-state index in [1.165, 1.54) is 10.7 Å². The lowest BCUT2D eigenvalue weighted by molar-refractivity contribution is 0.0704. The van der Waals surface area contributed by atoms with Gasteiger partial charge in [-0.05, 0) is 37.9 Å². The molecule has 1 aliphatic rings. The molecule has 0 N–H and O–H groups in total. The zero-order valence-electron chi connectivity index (χ0n) is 11.7. The fraction of sp³-hybridized carbons (Fsp3) is 0.214. The lowest BCUT2D eigenvalue weighted by atomic mass is 10.2. The number of nitrogens with zero attached hydrogens (tertiary/aromatic N) is 5. The van der Waals surface area contributed by atoms with E-state index < -0.39 is 0 Å². The van der Waals surface area contributed by atoms with Crippen LogP contribution in [0.25, 0.3) is 5.65 Å². The minimum Gasteiger partial charge on any atom is -0.335 e. The van der Waals surface area contributed by atoms with E-state index in [1.807, 2.05) is 6.07 Å². The third kappa shape index (κ3) is 2.58. The molecule has 4 heterocycles. The quantitative estimate of drug-likeness (QED) is 0.561. The lowest BCUT2D eigenvalue weighted by Gasteiger charge is -2.28. The van der Waals surface area contributed by atoms with Gasteiger partial charge in [-0.1, -0.05) is 11.6 Å². The van der Waals surface area contributed by atoms with Crippen LogP contribution in [0.2, 0.25) is 5.02 Å². The van der Waals surface area contributed by atoms with Crippen LogP contribution in [-0.2, 0) is 13.1 Å². The molecular weight excluding hydrogens is 449 g/mol. The summed E-state index contributed by atoms with van der Waals surface area (Å²) >= 11 is 12.9. The van der Waals surface area contributed by atoms with E-state index in [0.717, 1.165) is 21.3 Å². The molecule has 9 heteroatoms. The Labute approximate surface area is 153 Å². The molecule has 3 aromatic rings. The van der Waals surface area contributed by atoms with Crippen LogP contribution in [0.3, 0.4) is 0 Å². The number of carbonyl (C=O) groups excluding carboxylic acids is 1. The van der Waals surface area contributed by atoms with Crippen molar-refractivity contribution in [2.24, 2.45) is 0 Å². The van der Waals surface area contributed by atoms with Gasteiger partial charge in [0.25, 0.3) is 5.91 Å². The second-order valence-corrected chi connectivity index (χ2v) is 7.30. The molecule has 1 aliphatic heterocycles. The van der Waals surface area contributed by atoms with Crippen molar-refractivity contribution in [2.75, 3.05) is 6.54 Å². The molecule has 0 aromatic carbocycles. The number of halogens is 3. The van der Waals surface area contributed by atoms with E-state index in [9.17, 15) is 4.79 Å². The summed E-state index contributed by atoms with van der Waals surface area (Å²) in [7, 11) is 0. The van der Waals surface area contributed by atoms with Crippen LogP contribution >= 0.6 is 43.5 Å². The molecule has 0 radical (unpaired) electrons. The predicted octanol–water partition coefficient (Wildman–Crippen LogP) is 3.37. The van der Waals surface area contributed by atoms with Gasteiger partial charge in [-0.15, -0.1) is 0 Å². The van der Waals surface area contributed by atoms with Crippen LogP contribution in [0, 0.1) is 0 Å². The van der Waals surface area contributed by atoms with Crippen molar-refractivity contribution in [1.29, 1.82) is 0 Å². The minimum atomic E-state index is -0.105. The molecule has 0 bridgehead atoms. The van der Waals surface area contributed by atoms with Gasteiger partial charge in [-0.2, -0.15) is 5.10 Å². The summed E-state index contributed by atoms with van der Waals surface area (Å²) in [6, 6.07) is 3.70. The molecular formula is C14H10Br2ClN5O. The van der Waals surface area contributed by atoms with E-state index in [1.54, 1.807) is 17.2 Å². The summed E-state index contributed by atoms with van der Waals surface area (Å²) in [5.74, 6) is -0.105. The Morgan fingerprint density at radius 1 is 1.26 bits per heavy atom. The van der Waals surface area contributed by atoms with E-state index in [4.69, 9.17) is 11.6 Å². The number of amides is 1. The van der Waals surface area contributed by atoms with Gasteiger partial charge in [-0.3, -0.25) is 4.79 Å². The molecule has 0 fully saturated rings. The molecule has 0 spiro atoms. The van der Waals surface area contributed by atoms with Gasteiger partial charge in [0.05, 0.1) is 26.8 Å². The third-order valence-electron chi connectivity index (χ3n) is 3.81. The molecule has 118 valence electrons. The molecule has 0 saturated carbocycles. The van der Waals surface area contributed by atoms with Crippen LogP contribution in [0.1, 0.15) is 16.2 Å². The van der Waals surface area contributed by atoms with Crippen LogP contribution in [0.15, 0.2) is 33.6 Å². The van der Waals surface area contributed by atoms with Crippen molar-refractivity contribution in [3.8, 4) is 0 Å². The van der Waals surface area contributed by atoms with E-state index in [0.29, 0.717) is 29.5 Å². The number of carbonyl (C=O) groups is 1. The minimum absolute atomic E-state index is 0.105. The van der Waals surface area contributed by atoms with Crippen molar-refractivity contribution in [1.82, 2.24) is 24.1 Å². The Kier molecular flexibility index (Phi) is 3.70. The van der Waals surface area contributed by atoms with Crippen molar-refractivity contribution in [3.05, 3.63) is 50.0 Å². The SMILES string of the molecule is O=C(c1cc2ncc(Cl)cn2n1)N1CCn2c(cc(Br)c2Br)C1. The highest BCUT2D eigenvalue weighted by molar-refractivity contribution is 9.13. The first-order chi connectivity index (χ1) is 11.0. The van der Waals surface area contributed by atoms with E-state index in [2.05, 4.69) is 46.5 Å². The Hall–Kier alpha value is -1.38. The molecule has 3 aromatic heterocycles. The molecule has 0 saturated heterocycles. The van der Waals surface area contributed by atoms with E-state index in [-0.39, 0.29) is 5.91 Å². The van der Waals surface area contributed by atoms with Gasteiger partial charge >= 0.3 is 0 Å². The second kappa shape index (κ2) is 5.61. The zero-order valence-corrected chi connectivity index (χ0v) is 15.6. The fourth-order valence-electron chi connectivity index (χ4n) is 2.70. The topological polar surface area (TPSA) is 55.4 Å². The largest absolute Gasteiger partial charge is 0.335 e. The average Bonchev–Trinajstić information content (AvgIpc) is 3.07. The van der Waals surface area contributed by atoms with E-state index >= 15 is 0 Å². The number of aromatic nitrogens is 4. The van der Waals surface area contributed by atoms with Crippen LogP contribution in [0.4, 0.5) is 0 Å². The third-order valence-corrected chi connectivity index (χ3v) is 6.00. The molecule has 6 nitrogen and oxygen atoms in total. The van der Waals surface area contributed by atoms with Crippen LogP contribution < -0.4 is 0 Å². The van der Waals surface area contributed by atoms with Crippen molar-refractivity contribution < 1.29 is 4.79 Å². The maximum Gasteiger partial charge on any atom is 0.274 e. The van der Waals surface area contributed by atoms with Crippen molar-refractivity contribution in [3.63, 3.8) is 0 Å². The summed E-state index contributed by atoms with van der Waals surface area (Å²) in [5, 5.41) is 4.76. The zero-order chi connectivity index (χ0) is 16.1. The van der Waals surface area contributed by atoms with Gasteiger partial charge in [0, 0.05) is 31.0 Å². The van der Waals surface area contributed by atoms with Crippen molar-refractivity contribution >= 4 is 55.0 Å². The molecule has 0 aliphatic carbocycles. The Bertz CT molecular complexity index is 935. The maximum absolute atomic E-state index is 12.7. The van der Waals surface area contributed by atoms with Crippen LogP contribution in [-0.4, -0.2) is 36.5 Å². The first-order valence-electron chi connectivity index (χ1n) is 6.86. The molecule has 0 atom stereocenters. The summed E-state index contributed by atoms with van der Waals surface area (Å²) in [6.07, 6.45) is 3.17. The van der Waals surface area contributed by atoms with Crippen molar-refractivity contribution in [2.45, 2.75) is 13.1 Å². The summed E-state index contributed by atoms with van der Waals surface area (Å²) in [5.41, 5.74) is 2.05. The monoisotopic (exact) mass is 457 g/mol. The normalized spacial score (nSPS) is 14.3. The smallest absolute Gasteiger partial charge is 0.274 e. The molecule has 0 unspecified atom stereocenters. The highest BCUT2D eigenvalue weighted by atomic mass is 79.9. The number of hydrogen-bond acceptors (Lipinski definition) is 3. The first kappa shape index (κ1) is 15.2. The molecule has 4 rings (SSSR count). The Balaban J connectivity index is 1.63. The number of rotatable bonds is 1. The van der Waals surface area contributed by atoms with Crippen LogP contribution in [0.5, 0.6) is 0 Å². The Morgan fingerprint density at radius 3 is 2.91 bits per heavy atom. The summed E-state index contributed by atoms with van der Waals surface area (Å²) < 4.78 is 5.67.